The second kappa shape index (κ2) is 9.84. The molecule has 1 aliphatic rings. The Hall–Kier alpha value is -4.15. The smallest absolute Gasteiger partial charge is 0.416 e. The van der Waals surface area contributed by atoms with E-state index in [-0.39, 0.29) is 30.2 Å². The first-order valence-corrected chi connectivity index (χ1v) is 11.0. The third-order valence-electron chi connectivity index (χ3n) is 5.77. The minimum absolute atomic E-state index is 0.0131. The molecule has 0 bridgehead atoms. The molecule has 4 rings (SSSR count). The summed E-state index contributed by atoms with van der Waals surface area (Å²) in [6.07, 6.45) is -1.44. The summed E-state index contributed by atoms with van der Waals surface area (Å²) < 4.78 is 50.3. The van der Waals surface area contributed by atoms with Crippen LogP contribution >= 0.6 is 0 Å². The quantitative estimate of drug-likeness (QED) is 0.465. The molecule has 1 aliphatic heterocycles. The lowest BCUT2D eigenvalue weighted by Crippen LogP contribution is -2.35. The van der Waals surface area contributed by atoms with Crippen LogP contribution in [0.25, 0.3) is 17.1 Å². The van der Waals surface area contributed by atoms with Gasteiger partial charge in [-0.25, -0.2) is 9.78 Å². The van der Waals surface area contributed by atoms with E-state index in [1.54, 1.807) is 37.5 Å². The van der Waals surface area contributed by atoms with E-state index in [1.165, 1.54) is 37.1 Å². The number of pyridine rings is 2. The van der Waals surface area contributed by atoms with Gasteiger partial charge >= 0.3 is 12.3 Å². The molecule has 0 unspecified atom stereocenters. The number of carbonyl (C=O) groups excluding carboxylic acids is 2. The lowest BCUT2D eigenvalue weighted by atomic mass is 10.1. The van der Waals surface area contributed by atoms with Crippen LogP contribution in [0.2, 0.25) is 0 Å². The van der Waals surface area contributed by atoms with Crippen molar-refractivity contribution in [2.45, 2.75) is 19.2 Å². The first-order chi connectivity index (χ1) is 17.1. The van der Waals surface area contributed by atoms with Crippen LogP contribution in [0.4, 0.5) is 23.7 Å². The van der Waals surface area contributed by atoms with Gasteiger partial charge in [0.05, 0.1) is 36.8 Å². The molecular formula is C25H23F3N4O4. The van der Waals surface area contributed by atoms with Gasteiger partial charge in [-0.3, -0.25) is 14.7 Å². The van der Waals surface area contributed by atoms with Crippen LogP contribution in [0.5, 0.6) is 5.88 Å². The third-order valence-corrected chi connectivity index (χ3v) is 5.77. The summed E-state index contributed by atoms with van der Waals surface area (Å²) in [6.45, 7) is 1.43. The number of halogens is 3. The number of fused-ring (bicyclic) bond motifs is 1. The predicted octanol–water partition coefficient (Wildman–Crippen LogP) is 4.46. The lowest BCUT2D eigenvalue weighted by Gasteiger charge is -2.19. The number of nitrogens with zero attached hydrogens (tertiary/aromatic N) is 4. The number of hydrogen-bond donors (Lipinski definition) is 0. The highest BCUT2D eigenvalue weighted by Crippen LogP contribution is 2.35. The largest absolute Gasteiger partial charge is 0.481 e. The monoisotopic (exact) mass is 500 g/mol. The van der Waals surface area contributed by atoms with Crippen molar-refractivity contribution in [1.29, 1.82) is 0 Å². The van der Waals surface area contributed by atoms with E-state index in [2.05, 4.69) is 9.97 Å². The van der Waals surface area contributed by atoms with Crippen LogP contribution in [-0.4, -0.2) is 60.2 Å². The molecule has 11 heteroatoms. The van der Waals surface area contributed by atoms with E-state index in [0.717, 1.165) is 11.0 Å². The topological polar surface area (TPSA) is 84.9 Å². The zero-order valence-corrected chi connectivity index (χ0v) is 19.7. The summed E-state index contributed by atoms with van der Waals surface area (Å²) in [6, 6.07) is 8.85. The highest BCUT2D eigenvalue weighted by atomic mass is 19.4. The number of anilines is 1. The summed E-state index contributed by atoms with van der Waals surface area (Å²) in [7, 11) is 3.05. The summed E-state index contributed by atoms with van der Waals surface area (Å²) in [5.41, 5.74) is 1.20. The third kappa shape index (κ3) is 5.24. The highest BCUT2D eigenvalue weighted by Gasteiger charge is 2.37. The Balaban J connectivity index is 1.43. The average molecular weight is 500 g/mol. The Morgan fingerprint density at radius 3 is 2.78 bits per heavy atom. The fraction of sp³-hybridized carbons (Fsp3) is 0.280. The van der Waals surface area contributed by atoms with Crippen molar-refractivity contribution in [2.24, 2.45) is 0 Å². The van der Waals surface area contributed by atoms with Crippen molar-refractivity contribution in [2.75, 3.05) is 32.1 Å². The standard InChI is InChI=1S/C25H23F3N4O4/c1-15-4-6-17(12-19(15)25(26,27)28)32-14-18(36-24(32)34)13-31(2)22(33)9-5-16-10-11-29-20-7-8-21(35-3)30-23(16)20/h4-12,18H,13-14H2,1-3H3/b9-5+/t18-/m1/s1. The van der Waals surface area contributed by atoms with E-state index >= 15 is 0 Å². The lowest BCUT2D eigenvalue weighted by molar-refractivity contribution is -0.138. The molecule has 0 radical (unpaired) electrons. The summed E-state index contributed by atoms with van der Waals surface area (Å²) >= 11 is 0. The zero-order valence-electron chi connectivity index (χ0n) is 19.7. The van der Waals surface area contributed by atoms with E-state index in [4.69, 9.17) is 9.47 Å². The first-order valence-electron chi connectivity index (χ1n) is 11.0. The number of hydrogen-bond acceptors (Lipinski definition) is 6. The van der Waals surface area contributed by atoms with E-state index < -0.39 is 23.9 Å². The van der Waals surface area contributed by atoms with Crippen LogP contribution in [0, 0.1) is 6.92 Å². The minimum atomic E-state index is -4.54. The molecule has 1 atom stereocenters. The predicted molar refractivity (Wildman–Crippen MR) is 127 cm³/mol. The van der Waals surface area contributed by atoms with Gasteiger partial charge < -0.3 is 14.4 Å². The molecule has 3 heterocycles. The fourth-order valence-electron chi connectivity index (χ4n) is 3.87. The van der Waals surface area contributed by atoms with Crippen molar-refractivity contribution in [3.63, 3.8) is 0 Å². The number of ether oxygens (including phenoxy) is 2. The van der Waals surface area contributed by atoms with Crippen LogP contribution in [-0.2, 0) is 15.7 Å². The van der Waals surface area contributed by atoms with Gasteiger partial charge in [0.1, 0.15) is 6.10 Å². The Kier molecular flexibility index (Phi) is 6.82. The second-order valence-electron chi connectivity index (χ2n) is 8.29. The van der Waals surface area contributed by atoms with Crippen molar-refractivity contribution in [1.82, 2.24) is 14.9 Å². The fourth-order valence-corrected chi connectivity index (χ4v) is 3.87. The molecule has 0 spiro atoms. The Morgan fingerprint density at radius 1 is 1.28 bits per heavy atom. The number of likely N-dealkylation sites (N-methyl/N-ethyl adjacent to an activating group) is 1. The van der Waals surface area contributed by atoms with Crippen molar-refractivity contribution in [3.05, 3.63) is 65.4 Å². The van der Waals surface area contributed by atoms with E-state index in [1.807, 2.05) is 0 Å². The average Bonchev–Trinajstić information content (AvgIpc) is 3.21. The molecule has 1 saturated heterocycles. The molecule has 188 valence electrons. The number of carbonyl (C=O) groups is 2. The van der Waals surface area contributed by atoms with Crippen LogP contribution in [0.15, 0.2) is 48.7 Å². The molecular weight excluding hydrogens is 477 g/mol. The summed E-state index contributed by atoms with van der Waals surface area (Å²) in [4.78, 5) is 36.2. The van der Waals surface area contributed by atoms with Crippen molar-refractivity contribution in [3.8, 4) is 5.88 Å². The van der Waals surface area contributed by atoms with Crippen molar-refractivity contribution < 1.29 is 32.2 Å². The number of rotatable bonds is 6. The van der Waals surface area contributed by atoms with Gasteiger partial charge in [-0.1, -0.05) is 6.07 Å². The van der Waals surface area contributed by atoms with Gasteiger partial charge in [-0.05, 0) is 42.8 Å². The molecule has 0 saturated carbocycles. The minimum Gasteiger partial charge on any atom is -0.481 e. The van der Waals surface area contributed by atoms with Crippen LogP contribution in [0.1, 0.15) is 16.7 Å². The SMILES string of the molecule is COc1ccc2nccc(/C=C/C(=O)N(C)C[C@@H]3CN(c4ccc(C)c(C(F)(F)F)c4)C(=O)O3)c2n1. The van der Waals surface area contributed by atoms with Gasteiger partial charge in [0.15, 0.2) is 0 Å². The normalized spacial score (nSPS) is 16.0. The summed E-state index contributed by atoms with van der Waals surface area (Å²) in [5.74, 6) is 0.0594. The molecule has 1 aromatic carbocycles. The molecule has 0 aliphatic carbocycles. The maximum absolute atomic E-state index is 13.3. The zero-order chi connectivity index (χ0) is 26.0. The molecule has 8 nitrogen and oxygen atoms in total. The molecule has 2 amide bonds. The first kappa shape index (κ1) is 25.0. The molecule has 3 aromatic rings. The van der Waals surface area contributed by atoms with Gasteiger partial charge in [0.25, 0.3) is 0 Å². The highest BCUT2D eigenvalue weighted by molar-refractivity contribution is 5.95. The molecule has 1 fully saturated rings. The number of benzene rings is 1. The van der Waals surface area contributed by atoms with E-state index in [9.17, 15) is 22.8 Å². The number of alkyl halides is 3. The summed E-state index contributed by atoms with van der Waals surface area (Å²) in [5, 5.41) is 0. The van der Waals surface area contributed by atoms with Crippen molar-refractivity contribution >= 4 is 34.8 Å². The Labute approximate surface area is 204 Å². The van der Waals surface area contributed by atoms with Gasteiger partial charge in [0.2, 0.25) is 11.8 Å². The van der Waals surface area contributed by atoms with Gasteiger partial charge in [-0.2, -0.15) is 13.2 Å². The molecule has 2 aromatic heterocycles. The molecule has 36 heavy (non-hydrogen) atoms. The number of aryl methyl sites for hydroxylation is 1. The van der Waals surface area contributed by atoms with E-state index in [0.29, 0.717) is 22.5 Å². The number of aromatic nitrogens is 2. The Morgan fingerprint density at radius 2 is 2.06 bits per heavy atom. The van der Waals surface area contributed by atoms with Gasteiger partial charge in [0, 0.05) is 36.6 Å². The number of amides is 2. The van der Waals surface area contributed by atoms with Crippen LogP contribution in [0.3, 0.4) is 0 Å². The maximum Gasteiger partial charge on any atom is 0.416 e. The van der Waals surface area contributed by atoms with Gasteiger partial charge in [-0.15, -0.1) is 0 Å². The second-order valence-corrected chi connectivity index (χ2v) is 8.29. The number of methoxy groups -OCH3 is 1. The van der Waals surface area contributed by atoms with Crippen LogP contribution < -0.4 is 9.64 Å². The molecule has 0 N–H and O–H groups in total. The maximum atomic E-state index is 13.3. The number of cyclic esters (lactones) is 1. The Bertz CT molecular complexity index is 1340.